The zero-order valence-electron chi connectivity index (χ0n) is 7.47. The van der Waals surface area contributed by atoms with Crippen molar-refractivity contribution >= 4 is 11.7 Å². The first kappa shape index (κ1) is 10.2. The van der Waals surface area contributed by atoms with Crippen molar-refractivity contribution in [2.45, 2.75) is 12.5 Å². The van der Waals surface area contributed by atoms with Gasteiger partial charge in [-0.2, -0.15) is 0 Å². The van der Waals surface area contributed by atoms with E-state index in [1.54, 1.807) is 0 Å². The summed E-state index contributed by atoms with van der Waals surface area (Å²) in [5.74, 6) is 2.32. The predicted octanol–water partition coefficient (Wildman–Crippen LogP) is -0.234. The third-order valence-electron chi connectivity index (χ3n) is 1.49. The molecule has 1 aromatic rings. The van der Waals surface area contributed by atoms with Crippen molar-refractivity contribution < 1.29 is 4.79 Å². The summed E-state index contributed by atoms with van der Waals surface area (Å²) < 4.78 is 0. The van der Waals surface area contributed by atoms with Gasteiger partial charge in [0.2, 0.25) is 5.91 Å². The summed E-state index contributed by atoms with van der Waals surface area (Å²) in [6.45, 7) is 0. The van der Waals surface area contributed by atoms with Gasteiger partial charge in [-0.25, -0.2) is 4.98 Å². The van der Waals surface area contributed by atoms with E-state index in [-0.39, 0.29) is 12.3 Å². The van der Waals surface area contributed by atoms with Crippen molar-refractivity contribution in [1.82, 2.24) is 9.97 Å². The van der Waals surface area contributed by atoms with Crippen molar-refractivity contribution in [1.29, 1.82) is 0 Å². The standard InChI is InChI=1S/C9H10N4O/c1-2-3-7(10)9(14)13-8-6-11-4-5-12-8/h1,4-7H,3,10H2,(H,12,13,14). The van der Waals surface area contributed by atoms with E-state index >= 15 is 0 Å². The molecule has 1 rings (SSSR count). The van der Waals surface area contributed by atoms with Crippen molar-refractivity contribution in [3.05, 3.63) is 18.6 Å². The molecule has 5 nitrogen and oxygen atoms in total. The number of hydrogen-bond acceptors (Lipinski definition) is 4. The van der Waals surface area contributed by atoms with Crippen LogP contribution in [0.5, 0.6) is 0 Å². The summed E-state index contributed by atoms with van der Waals surface area (Å²) >= 11 is 0. The molecule has 3 N–H and O–H groups in total. The number of nitrogens with one attached hydrogen (secondary N) is 1. The highest BCUT2D eigenvalue weighted by molar-refractivity contribution is 5.93. The number of hydrogen-bond donors (Lipinski definition) is 2. The molecule has 72 valence electrons. The molecule has 5 heteroatoms. The summed E-state index contributed by atoms with van der Waals surface area (Å²) in [7, 11) is 0. The van der Waals surface area contributed by atoms with E-state index in [0.717, 1.165) is 0 Å². The van der Waals surface area contributed by atoms with Crippen LogP contribution in [0.15, 0.2) is 18.6 Å². The molecule has 0 aromatic carbocycles. The van der Waals surface area contributed by atoms with Crippen molar-refractivity contribution in [2.24, 2.45) is 5.73 Å². The van der Waals surface area contributed by atoms with Gasteiger partial charge in [-0.05, 0) is 0 Å². The highest BCUT2D eigenvalue weighted by Crippen LogP contribution is 1.98. The lowest BCUT2D eigenvalue weighted by Gasteiger charge is -2.07. The average molecular weight is 190 g/mol. The monoisotopic (exact) mass is 190 g/mol. The van der Waals surface area contributed by atoms with Crippen LogP contribution in [0.25, 0.3) is 0 Å². The average Bonchev–Trinajstić information content (AvgIpc) is 2.19. The van der Waals surface area contributed by atoms with Gasteiger partial charge < -0.3 is 11.1 Å². The number of nitrogens with zero attached hydrogens (tertiary/aromatic N) is 2. The first-order valence-electron chi connectivity index (χ1n) is 4.00. The SMILES string of the molecule is C#CCC(N)C(=O)Nc1cnccn1. The van der Waals surface area contributed by atoms with Crippen LogP contribution in [-0.2, 0) is 4.79 Å². The van der Waals surface area contributed by atoms with Crippen LogP contribution in [0.1, 0.15) is 6.42 Å². The Labute approximate surface area is 81.7 Å². The Balaban J connectivity index is 2.54. The zero-order valence-corrected chi connectivity index (χ0v) is 7.47. The second-order valence-electron chi connectivity index (χ2n) is 2.59. The third-order valence-corrected chi connectivity index (χ3v) is 1.49. The molecular formula is C9H10N4O. The molecule has 1 heterocycles. The maximum absolute atomic E-state index is 11.3. The fourth-order valence-corrected chi connectivity index (χ4v) is 0.802. The van der Waals surface area contributed by atoms with Crippen molar-refractivity contribution in [3.8, 4) is 12.3 Å². The fourth-order valence-electron chi connectivity index (χ4n) is 0.802. The van der Waals surface area contributed by atoms with Crippen molar-refractivity contribution in [2.75, 3.05) is 5.32 Å². The second-order valence-corrected chi connectivity index (χ2v) is 2.59. The molecule has 0 aliphatic rings. The van der Waals surface area contributed by atoms with Gasteiger partial charge in [0.25, 0.3) is 0 Å². The van der Waals surface area contributed by atoms with Gasteiger partial charge in [0.05, 0.1) is 12.2 Å². The molecule has 0 aliphatic carbocycles. The molecule has 14 heavy (non-hydrogen) atoms. The Hall–Kier alpha value is -1.93. The molecule has 0 fully saturated rings. The molecule has 1 atom stereocenters. The van der Waals surface area contributed by atoms with E-state index < -0.39 is 6.04 Å². The van der Waals surface area contributed by atoms with Crippen LogP contribution in [0.2, 0.25) is 0 Å². The molecule has 0 aliphatic heterocycles. The Bertz CT molecular complexity index is 344. The Morgan fingerprint density at radius 2 is 2.50 bits per heavy atom. The minimum atomic E-state index is -0.706. The lowest BCUT2D eigenvalue weighted by atomic mass is 10.2. The predicted molar refractivity (Wildman–Crippen MR) is 52.1 cm³/mol. The Morgan fingerprint density at radius 3 is 3.07 bits per heavy atom. The molecule has 1 unspecified atom stereocenters. The van der Waals surface area contributed by atoms with Crippen molar-refractivity contribution in [3.63, 3.8) is 0 Å². The summed E-state index contributed by atoms with van der Waals surface area (Å²) in [5, 5.41) is 2.49. The number of anilines is 1. The lowest BCUT2D eigenvalue weighted by molar-refractivity contribution is -0.117. The maximum Gasteiger partial charge on any atom is 0.243 e. The lowest BCUT2D eigenvalue weighted by Crippen LogP contribution is -2.35. The van der Waals surface area contributed by atoms with E-state index in [1.807, 2.05) is 0 Å². The molecule has 0 saturated carbocycles. The molecule has 1 amide bonds. The summed E-state index contributed by atoms with van der Waals surface area (Å²) in [4.78, 5) is 18.9. The second kappa shape index (κ2) is 4.94. The topological polar surface area (TPSA) is 80.9 Å². The van der Waals surface area contributed by atoms with E-state index in [0.29, 0.717) is 5.82 Å². The van der Waals surface area contributed by atoms with Gasteiger partial charge in [-0.15, -0.1) is 12.3 Å². The minimum absolute atomic E-state index is 0.200. The molecule has 0 saturated heterocycles. The number of carbonyl (C=O) groups is 1. The van der Waals surface area contributed by atoms with Crippen LogP contribution in [0.4, 0.5) is 5.82 Å². The molecule has 1 aromatic heterocycles. The number of carbonyl (C=O) groups excluding carboxylic acids is 1. The highest BCUT2D eigenvalue weighted by Gasteiger charge is 2.12. The number of terminal acetylenes is 1. The van der Waals surface area contributed by atoms with E-state index in [4.69, 9.17) is 12.2 Å². The van der Waals surface area contributed by atoms with Crippen LogP contribution in [0.3, 0.4) is 0 Å². The number of amides is 1. The molecular weight excluding hydrogens is 180 g/mol. The molecule has 0 spiro atoms. The van der Waals surface area contributed by atoms with Crippen LogP contribution in [0, 0.1) is 12.3 Å². The first-order valence-corrected chi connectivity index (χ1v) is 4.00. The van der Waals surface area contributed by atoms with E-state index in [2.05, 4.69) is 21.2 Å². The summed E-state index contributed by atoms with van der Waals surface area (Å²) in [6.07, 6.45) is 9.64. The molecule has 0 bridgehead atoms. The van der Waals surface area contributed by atoms with Crippen LogP contribution >= 0.6 is 0 Å². The maximum atomic E-state index is 11.3. The normalized spacial score (nSPS) is 11.4. The Kier molecular flexibility index (Phi) is 3.58. The number of nitrogens with two attached hydrogens (primary N) is 1. The molecule has 0 radical (unpaired) electrons. The number of rotatable bonds is 3. The first-order chi connectivity index (χ1) is 6.74. The third kappa shape index (κ3) is 2.84. The number of aromatic nitrogens is 2. The van der Waals surface area contributed by atoms with Gasteiger partial charge in [-0.3, -0.25) is 9.78 Å². The summed E-state index contributed by atoms with van der Waals surface area (Å²) in [6, 6.07) is -0.706. The summed E-state index contributed by atoms with van der Waals surface area (Å²) in [5.41, 5.74) is 5.47. The van der Waals surface area contributed by atoms with E-state index in [1.165, 1.54) is 18.6 Å². The van der Waals surface area contributed by atoms with Crippen LogP contribution < -0.4 is 11.1 Å². The van der Waals surface area contributed by atoms with E-state index in [9.17, 15) is 4.79 Å². The van der Waals surface area contributed by atoms with Gasteiger partial charge in [0.1, 0.15) is 0 Å². The van der Waals surface area contributed by atoms with Gasteiger partial charge >= 0.3 is 0 Å². The van der Waals surface area contributed by atoms with Gasteiger partial charge in [0, 0.05) is 18.8 Å². The van der Waals surface area contributed by atoms with Crippen LogP contribution in [-0.4, -0.2) is 21.9 Å². The fraction of sp³-hybridized carbons (Fsp3) is 0.222. The highest BCUT2D eigenvalue weighted by atomic mass is 16.2. The Morgan fingerprint density at radius 1 is 1.71 bits per heavy atom. The smallest absolute Gasteiger partial charge is 0.243 e. The zero-order chi connectivity index (χ0) is 10.4. The van der Waals surface area contributed by atoms with Gasteiger partial charge in [-0.1, -0.05) is 0 Å². The van der Waals surface area contributed by atoms with Gasteiger partial charge in [0.15, 0.2) is 5.82 Å². The minimum Gasteiger partial charge on any atom is -0.319 e. The quantitative estimate of drug-likeness (QED) is 0.645. The largest absolute Gasteiger partial charge is 0.319 e.